The molecule has 148 valence electrons. The minimum Gasteiger partial charge on any atom is -0.462 e. The number of hydrogen-bond acceptors (Lipinski definition) is 5. The van der Waals surface area contributed by atoms with Crippen molar-refractivity contribution in [1.82, 2.24) is 9.80 Å². The van der Waals surface area contributed by atoms with Gasteiger partial charge in [-0.3, -0.25) is 9.80 Å². The zero-order valence-electron chi connectivity index (χ0n) is 16.2. The Morgan fingerprint density at radius 1 is 1.00 bits per heavy atom. The van der Waals surface area contributed by atoms with Crippen LogP contribution in [0.25, 0.3) is 0 Å². The van der Waals surface area contributed by atoms with Crippen molar-refractivity contribution in [2.45, 2.75) is 24.5 Å². The minimum atomic E-state index is -1.80. The second-order valence-corrected chi connectivity index (χ2v) is 7.71. The quantitative estimate of drug-likeness (QED) is 0.779. The molecule has 1 N–H and O–H groups in total. The number of piperazine rings is 1. The lowest BCUT2D eigenvalue weighted by Gasteiger charge is -2.37. The fraction of sp³-hybridized carbons (Fsp3) is 0.435. The van der Waals surface area contributed by atoms with E-state index in [1.807, 2.05) is 36.4 Å². The molecule has 2 aliphatic heterocycles. The number of carbonyl (C=O) groups excluding carboxylic acids is 1. The van der Waals surface area contributed by atoms with Crippen molar-refractivity contribution < 1.29 is 14.6 Å². The van der Waals surface area contributed by atoms with Crippen LogP contribution in [0.4, 0.5) is 0 Å². The van der Waals surface area contributed by atoms with E-state index < -0.39 is 11.6 Å². The third-order valence-corrected chi connectivity index (χ3v) is 5.99. The molecule has 2 heterocycles. The van der Waals surface area contributed by atoms with E-state index in [2.05, 4.69) is 9.80 Å². The summed E-state index contributed by atoms with van der Waals surface area (Å²) < 4.78 is 5.59. The Hall–Kier alpha value is -2.21. The van der Waals surface area contributed by atoms with Crippen LogP contribution in [0.5, 0.6) is 0 Å². The van der Waals surface area contributed by atoms with E-state index in [9.17, 15) is 9.90 Å². The van der Waals surface area contributed by atoms with Crippen molar-refractivity contribution in [3.63, 3.8) is 0 Å². The van der Waals surface area contributed by atoms with E-state index in [0.717, 1.165) is 19.6 Å². The number of fused-ring (bicyclic) bond motifs is 1. The Bertz CT molecular complexity index is 741. The first-order valence-corrected chi connectivity index (χ1v) is 10.1. The summed E-state index contributed by atoms with van der Waals surface area (Å²) in [6.07, 6.45) is 2.55. The average molecular weight is 380 g/mol. The molecule has 0 saturated carbocycles. The highest BCUT2D eigenvalue weighted by Gasteiger charge is 2.41. The molecular weight excluding hydrogens is 352 g/mol. The second kappa shape index (κ2) is 8.43. The van der Waals surface area contributed by atoms with Crippen LogP contribution in [-0.4, -0.2) is 66.2 Å². The van der Waals surface area contributed by atoms with E-state index in [-0.39, 0.29) is 6.61 Å². The summed E-state index contributed by atoms with van der Waals surface area (Å²) >= 11 is 0. The van der Waals surface area contributed by atoms with Gasteiger partial charge in [-0.1, -0.05) is 60.7 Å². The van der Waals surface area contributed by atoms with Crippen LogP contribution in [-0.2, 0) is 15.1 Å². The van der Waals surface area contributed by atoms with Crippen LogP contribution in [0, 0.1) is 0 Å². The number of ether oxygens (including phenoxy) is 1. The molecule has 4 rings (SSSR count). The first-order chi connectivity index (χ1) is 13.7. The van der Waals surface area contributed by atoms with Crippen molar-refractivity contribution in [3.8, 4) is 0 Å². The zero-order valence-corrected chi connectivity index (χ0v) is 16.2. The third kappa shape index (κ3) is 3.83. The van der Waals surface area contributed by atoms with E-state index in [4.69, 9.17) is 4.74 Å². The van der Waals surface area contributed by atoms with Gasteiger partial charge in [-0.05, 0) is 30.5 Å². The maximum absolute atomic E-state index is 13.0. The predicted molar refractivity (Wildman–Crippen MR) is 108 cm³/mol. The maximum Gasteiger partial charge on any atom is 0.347 e. The van der Waals surface area contributed by atoms with Crippen molar-refractivity contribution >= 4 is 5.97 Å². The summed E-state index contributed by atoms with van der Waals surface area (Å²) in [6.45, 7) is 5.35. The van der Waals surface area contributed by atoms with Crippen molar-refractivity contribution in [3.05, 3.63) is 71.8 Å². The largest absolute Gasteiger partial charge is 0.462 e. The van der Waals surface area contributed by atoms with Gasteiger partial charge in [0.1, 0.15) is 6.61 Å². The number of hydrogen-bond donors (Lipinski definition) is 1. The smallest absolute Gasteiger partial charge is 0.347 e. The highest BCUT2D eigenvalue weighted by molar-refractivity contribution is 5.85. The van der Waals surface area contributed by atoms with Gasteiger partial charge in [0.15, 0.2) is 0 Å². The van der Waals surface area contributed by atoms with Gasteiger partial charge in [-0.25, -0.2) is 4.79 Å². The number of nitrogens with zero attached hydrogens (tertiary/aromatic N) is 2. The van der Waals surface area contributed by atoms with E-state index >= 15 is 0 Å². The number of esters is 1. The van der Waals surface area contributed by atoms with Crippen LogP contribution in [0.2, 0.25) is 0 Å². The fourth-order valence-corrected chi connectivity index (χ4v) is 4.39. The third-order valence-electron chi connectivity index (χ3n) is 5.99. The minimum absolute atomic E-state index is 0.285. The van der Waals surface area contributed by atoms with E-state index in [1.54, 1.807) is 24.3 Å². The molecule has 2 saturated heterocycles. The van der Waals surface area contributed by atoms with Gasteiger partial charge in [0, 0.05) is 32.2 Å². The molecule has 0 amide bonds. The molecule has 0 aliphatic carbocycles. The fourth-order valence-electron chi connectivity index (χ4n) is 4.39. The van der Waals surface area contributed by atoms with Gasteiger partial charge in [-0.2, -0.15) is 0 Å². The molecule has 0 bridgehead atoms. The molecule has 0 aromatic heterocycles. The summed E-state index contributed by atoms with van der Waals surface area (Å²) in [5.74, 6) is -0.621. The molecular formula is C23H28N2O3. The SMILES string of the molecule is O=C(OCCN1CCN2CCC[C@H]2C1)C(O)(c1ccccc1)c1ccccc1. The Labute approximate surface area is 166 Å². The monoisotopic (exact) mass is 380 g/mol. The number of benzene rings is 2. The van der Waals surface area contributed by atoms with Gasteiger partial charge < -0.3 is 9.84 Å². The normalized spacial score (nSPS) is 20.7. The summed E-state index contributed by atoms with van der Waals surface area (Å²) in [5.41, 5.74) is -0.760. The molecule has 2 aliphatic rings. The lowest BCUT2D eigenvalue weighted by atomic mass is 9.86. The lowest BCUT2D eigenvalue weighted by molar-refractivity contribution is -0.162. The molecule has 2 aromatic rings. The van der Waals surface area contributed by atoms with Crippen molar-refractivity contribution in [2.24, 2.45) is 0 Å². The van der Waals surface area contributed by atoms with E-state index in [1.165, 1.54) is 19.4 Å². The highest BCUT2D eigenvalue weighted by atomic mass is 16.5. The average Bonchev–Trinajstić information content (AvgIpc) is 3.22. The molecule has 0 unspecified atom stereocenters. The molecule has 2 fully saturated rings. The molecule has 5 nitrogen and oxygen atoms in total. The molecule has 0 spiro atoms. The maximum atomic E-state index is 13.0. The van der Waals surface area contributed by atoms with Gasteiger partial charge in [-0.15, -0.1) is 0 Å². The first kappa shape index (κ1) is 19.1. The van der Waals surface area contributed by atoms with Gasteiger partial charge in [0.25, 0.3) is 0 Å². The second-order valence-electron chi connectivity index (χ2n) is 7.71. The Morgan fingerprint density at radius 3 is 2.29 bits per heavy atom. The van der Waals surface area contributed by atoms with Crippen molar-refractivity contribution in [1.29, 1.82) is 0 Å². The van der Waals surface area contributed by atoms with Crippen LogP contribution in [0.1, 0.15) is 24.0 Å². The van der Waals surface area contributed by atoms with Crippen LogP contribution >= 0.6 is 0 Å². The molecule has 2 aromatic carbocycles. The number of aliphatic hydroxyl groups is 1. The predicted octanol–water partition coefficient (Wildman–Crippen LogP) is 2.25. The molecule has 0 radical (unpaired) electrons. The summed E-state index contributed by atoms with van der Waals surface area (Å²) in [5, 5.41) is 11.4. The summed E-state index contributed by atoms with van der Waals surface area (Å²) in [4.78, 5) is 17.9. The van der Waals surface area contributed by atoms with E-state index in [0.29, 0.717) is 23.7 Å². The number of carbonyl (C=O) groups is 1. The first-order valence-electron chi connectivity index (χ1n) is 10.1. The number of rotatable bonds is 6. The van der Waals surface area contributed by atoms with Gasteiger partial charge in [0.2, 0.25) is 5.60 Å². The Morgan fingerprint density at radius 2 is 1.64 bits per heavy atom. The van der Waals surface area contributed by atoms with Gasteiger partial charge in [0.05, 0.1) is 0 Å². The van der Waals surface area contributed by atoms with Crippen LogP contribution in [0.3, 0.4) is 0 Å². The van der Waals surface area contributed by atoms with Crippen LogP contribution in [0.15, 0.2) is 60.7 Å². The Balaban J connectivity index is 1.42. The highest BCUT2D eigenvalue weighted by Crippen LogP contribution is 2.31. The van der Waals surface area contributed by atoms with Crippen molar-refractivity contribution in [2.75, 3.05) is 39.3 Å². The topological polar surface area (TPSA) is 53.0 Å². The molecule has 28 heavy (non-hydrogen) atoms. The lowest BCUT2D eigenvalue weighted by Crippen LogP contribution is -2.51. The standard InChI is InChI=1S/C23H28N2O3/c26-22(28-17-16-24-14-15-25-13-7-12-21(25)18-24)23(27,19-8-3-1-4-9-19)20-10-5-2-6-11-20/h1-6,8-11,21,27H,7,12-18H2/t21-/m0/s1. The summed E-state index contributed by atoms with van der Waals surface area (Å²) in [7, 11) is 0. The summed E-state index contributed by atoms with van der Waals surface area (Å²) in [6, 6.07) is 18.7. The van der Waals surface area contributed by atoms with Gasteiger partial charge >= 0.3 is 5.97 Å². The van der Waals surface area contributed by atoms with Crippen LogP contribution < -0.4 is 0 Å². The zero-order chi connectivity index (χ0) is 19.4. The Kier molecular flexibility index (Phi) is 5.76. The molecule has 1 atom stereocenters. The molecule has 5 heteroatoms.